The second-order valence-corrected chi connectivity index (χ2v) is 2.75. The van der Waals surface area contributed by atoms with E-state index in [1.54, 1.807) is 0 Å². The molecule has 0 bridgehead atoms. The molecule has 0 aromatic carbocycles. The lowest BCUT2D eigenvalue weighted by atomic mass is 10.3. The Bertz CT molecular complexity index is 236. The Morgan fingerprint density at radius 1 is 1.77 bits per heavy atom. The van der Waals surface area contributed by atoms with Gasteiger partial charge in [0.2, 0.25) is 6.10 Å². The van der Waals surface area contributed by atoms with E-state index in [1.165, 1.54) is 12.2 Å². The van der Waals surface area contributed by atoms with Gasteiger partial charge < -0.3 is 9.47 Å². The molecule has 4 nitrogen and oxygen atoms in total. The number of hydrogen-bond donors (Lipinski definition) is 0. The Morgan fingerprint density at radius 3 is 3.08 bits per heavy atom. The largest absolute Gasteiger partial charge is 0.463 e. The molecule has 0 aromatic heterocycles. The third kappa shape index (κ3) is 3.06. The van der Waals surface area contributed by atoms with Crippen LogP contribution in [0.4, 0.5) is 0 Å². The lowest BCUT2D eigenvalue weighted by Gasteiger charge is -2.04. The molecular formula is C8H9ClO4. The molecule has 1 heterocycles. The Kier molecular flexibility index (Phi) is 3.76. The first kappa shape index (κ1) is 10.1. The zero-order chi connectivity index (χ0) is 9.68. The van der Waals surface area contributed by atoms with Gasteiger partial charge in [0.05, 0.1) is 6.61 Å². The summed E-state index contributed by atoms with van der Waals surface area (Å²) in [5.74, 6) is -0.804. The maximum absolute atomic E-state index is 10.9. The van der Waals surface area contributed by atoms with E-state index < -0.39 is 18.0 Å². The molecule has 1 aliphatic heterocycles. The average molecular weight is 205 g/mol. The fourth-order valence-corrected chi connectivity index (χ4v) is 0.994. The zero-order valence-corrected chi connectivity index (χ0v) is 7.62. The number of ether oxygens (including phenoxy) is 2. The van der Waals surface area contributed by atoms with Crippen LogP contribution in [0.15, 0.2) is 12.2 Å². The molecule has 13 heavy (non-hydrogen) atoms. The van der Waals surface area contributed by atoms with Crippen LogP contribution in [0, 0.1) is 0 Å². The summed E-state index contributed by atoms with van der Waals surface area (Å²) in [5, 5.41) is 0. The summed E-state index contributed by atoms with van der Waals surface area (Å²) in [6, 6.07) is 0. The van der Waals surface area contributed by atoms with Gasteiger partial charge in [-0.2, -0.15) is 0 Å². The maximum atomic E-state index is 10.9. The highest BCUT2D eigenvalue weighted by molar-refractivity contribution is 6.19. The van der Waals surface area contributed by atoms with Crippen LogP contribution < -0.4 is 0 Å². The van der Waals surface area contributed by atoms with Crippen molar-refractivity contribution in [3.8, 4) is 0 Å². The quantitative estimate of drug-likeness (QED) is 0.385. The van der Waals surface area contributed by atoms with Gasteiger partial charge in [-0.1, -0.05) is 6.08 Å². The van der Waals surface area contributed by atoms with Crippen molar-refractivity contribution in [2.45, 2.75) is 12.5 Å². The molecule has 0 aromatic rings. The van der Waals surface area contributed by atoms with Gasteiger partial charge in [-0.3, -0.25) is 0 Å². The molecule has 1 saturated heterocycles. The van der Waals surface area contributed by atoms with E-state index in [0.717, 1.165) is 0 Å². The van der Waals surface area contributed by atoms with Crippen LogP contribution in [0.25, 0.3) is 0 Å². The van der Waals surface area contributed by atoms with Gasteiger partial charge in [-0.15, -0.1) is 11.6 Å². The predicted octanol–water partition coefficient (Wildman–Crippen LogP) is 0.640. The topological polar surface area (TPSA) is 52.6 Å². The minimum atomic E-state index is -0.743. The number of halogens is 1. The first-order chi connectivity index (χ1) is 6.24. The van der Waals surface area contributed by atoms with Crippen LogP contribution in [0.3, 0.4) is 0 Å². The van der Waals surface area contributed by atoms with Gasteiger partial charge in [0.1, 0.15) is 0 Å². The third-order valence-corrected chi connectivity index (χ3v) is 1.67. The van der Waals surface area contributed by atoms with E-state index >= 15 is 0 Å². The number of alkyl halides is 1. The first-order valence-electron chi connectivity index (χ1n) is 3.84. The molecule has 0 amide bonds. The lowest BCUT2D eigenvalue weighted by molar-refractivity contribution is -0.156. The third-order valence-electron chi connectivity index (χ3n) is 1.49. The molecule has 0 N–H and O–H groups in total. The van der Waals surface area contributed by atoms with Gasteiger partial charge in [0, 0.05) is 18.4 Å². The van der Waals surface area contributed by atoms with Crippen LogP contribution in [-0.4, -0.2) is 30.5 Å². The summed E-state index contributed by atoms with van der Waals surface area (Å²) in [5.41, 5.74) is 0. The Balaban J connectivity index is 2.35. The van der Waals surface area contributed by atoms with Gasteiger partial charge in [-0.05, 0) is 0 Å². The summed E-state index contributed by atoms with van der Waals surface area (Å²) in [6.07, 6.45) is 2.33. The van der Waals surface area contributed by atoms with E-state index in [4.69, 9.17) is 16.3 Å². The fraction of sp³-hybridized carbons (Fsp3) is 0.500. The number of carbonyl (C=O) groups is 2. The SMILES string of the molecule is O=C(/C=C/CCl)O[C@H]1CCOC1=O. The standard InChI is InChI=1S/C8H9ClO4/c9-4-1-2-7(10)13-6-3-5-12-8(6)11/h1-2,6H,3-5H2/b2-1+/t6-/m0/s1. The first-order valence-corrected chi connectivity index (χ1v) is 4.37. The number of hydrogen-bond acceptors (Lipinski definition) is 4. The van der Waals surface area contributed by atoms with Crippen molar-refractivity contribution in [3.63, 3.8) is 0 Å². The lowest BCUT2D eigenvalue weighted by Crippen LogP contribution is -2.21. The van der Waals surface area contributed by atoms with E-state index in [0.29, 0.717) is 13.0 Å². The van der Waals surface area contributed by atoms with Crippen molar-refractivity contribution < 1.29 is 19.1 Å². The predicted molar refractivity (Wildman–Crippen MR) is 45.3 cm³/mol. The van der Waals surface area contributed by atoms with Crippen LogP contribution >= 0.6 is 11.6 Å². The number of cyclic esters (lactones) is 1. The fourth-order valence-electron chi connectivity index (χ4n) is 0.905. The van der Waals surface area contributed by atoms with Gasteiger partial charge in [-0.25, -0.2) is 9.59 Å². The number of esters is 2. The van der Waals surface area contributed by atoms with Crippen LogP contribution in [-0.2, 0) is 19.1 Å². The van der Waals surface area contributed by atoms with Crippen LogP contribution in [0.5, 0.6) is 0 Å². The highest BCUT2D eigenvalue weighted by Crippen LogP contribution is 2.10. The summed E-state index contributed by atoms with van der Waals surface area (Å²) < 4.78 is 9.37. The molecule has 0 spiro atoms. The molecule has 72 valence electrons. The molecule has 1 fully saturated rings. The van der Waals surface area contributed by atoms with E-state index in [2.05, 4.69) is 4.74 Å². The highest BCUT2D eigenvalue weighted by Gasteiger charge is 2.29. The van der Waals surface area contributed by atoms with Crippen molar-refractivity contribution in [2.24, 2.45) is 0 Å². The zero-order valence-electron chi connectivity index (χ0n) is 6.86. The van der Waals surface area contributed by atoms with E-state index in [9.17, 15) is 9.59 Å². The van der Waals surface area contributed by atoms with Crippen molar-refractivity contribution >= 4 is 23.5 Å². The Labute approximate surface area is 80.5 Å². The second kappa shape index (κ2) is 4.87. The summed E-state index contributed by atoms with van der Waals surface area (Å²) in [6.45, 7) is 0.315. The normalized spacial score (nSPS) is 21.9. The molecule has 1 rings (SSSR count). The van der Waals surface area contributed by atoms with Gasteiger partial charge in [0.25, 0.3) is 0 Å². The number of allylic oxidation sites excluding steroid dienone is 1. The molecule has 0 saturated carbocycles. The van der Waals surface area contributed by atoms with Crippen LogP contribution in [0.2, 0.25) is 0 Å². The number of carbonyl (C=O) groups excluding carboxylic acids is 2. The molecule has 0 radical (unpaired) electrons. The molecular weight excluding hydrogens is 196 g/mol. The Hall–Kier alpha value is -1.03. The minimum Gasteiger partial charge on any atom is -0.463 e. The molecule has 5 heteroatoms. The highest BCUT2D eigenvalue weighted by atomic mass is 35.5. The minimum absolute atomic E-state index is 0.240. The van der Waals surface area contributed by atoms with E-state index in [-0.39, 0.29) is 5.88 Å². The molecule has 1 atom stereocenters. The van der Waals surface area contributed by atoms with Crippen molar-refractivity contribution in [1.82, 2.24) is 0 Å². The summed E-state index contributed by atoms with van der Waals surface area (Å²) >= 11 is 5.30. The van der Waals surface area contributed by atoms with E-state index in [1.807, 2.05) is 0 Å². The summed E-state index contributed by atoms with van der Waals surface area (Å²) in [7, 11) is 0. The molecule has 0 unspecified atom stereocenters. The Morgan fingerprint density at radius 2 is 2.54 bits per heavy atom. The van der Waals surface area contributed by atoms with Crippen molar-refractivity contribution in [2.75, 3.05) is 12.5 Å². The van der Waals surface area contributed by atoms with Crippen molar-refractivity contribution in [1.29, 1.82) is 0 Å². The second-order valence-electron chi connectivity index (χ2n) is 2.44. The monoisotopic (exact) mass is 204 g/mol. The van der Waals surface area contributed by atoms with Crippen molar-refractivity contribution in [3.05, 3.63) is 12.2 Å². The van der Waals surface area contributed by atoms with Gasteiger partial charge >= 0.3 is 11.9 Å². The number of rotatable bonds is 3. The van der Waals surface area contributed by atoms with Gasteiger partial charge in [0.15, 0.2) is 0 Å². The summed E-state index contributed by atoms with van der Waals surface area (Å²) in [4.78, 5) is 21.8. The molecule has 1 aliphatic rings. The smallest absolute Gasteiger partial charge is 0.347 e. The average Bonchev–Trinajstić information content (AvgIpc) is 2.48. The molecule has 0 aliphatic carbocycles. The van der Waals surface area contributed by atoms with Crippen LogP contribution in [0.1, 0.15) is 6.42 Å². The maximum Gasteiger partial charge on any atom is 0.347 e.